The van der Waals surface area contributed by atoms with E-state index >= 15 is 0 Å². The molecule has 0 N–H and O–H groups in total. The largest absolute Gasteiger partial charge is 0.544 e. The first-order valence-corrected chi connectivity index (χ1v) is 19.2. The maximum Gasteiger partial charge on any atom is 0.306 e. The number of unbranched alkanes of at least 4 members (excludes halogenated alkanes) is 11. The number of quaternary nitrogens is 1. The molecule has 2 atom stereocenters. The summed E-state index contributed by atoms with van der Waals surface area (Å²) < 4.78 is 17.0. The van der Waals surface area contributed by atoms with Crippen molar-refractivity contribution in [3.63, 3.8) is 0 Å². The van der Waals surface area contributed by atoms with Crippen molar-refractivity contribution < 1.29 is 38.2 Å². The first-order chi connectivity index (χ1) is 23.6. The van der Waals surface area contributed by atoms with Gasteiger partial charge in [-0.1, -0.05) is 107 Å². The number of rotatable bonds is 33. The number of carbonyl (C=O) groups excluding carboxylic acids is 3. The van der Waals surface area contributed by atoms with E-state index in [0.717, 1.165) is 64.2 Å². The third-order valence-corrected chi connectivity index (χ3v) is 8.20. The number of carbonyl (C=O) groups is 3. The SMILES string of the molecule is CC/C=C/C/C=C/C/C=C/CCCCCCCCC(=O)OCC(COCCC(C(=O)[O-])[N+](C)(C)C)OC(=O)CCC/C=C/CCCCCC. The number of aliphatic carboxylic acids is 1. The van der Waals surface area contributed by atoms with E-state index in [-0.39, 0.29) is 49.1 Å². The van der Waals surface area contributed by atoms with Gasteiger partial charge in [0.1, 0.15) is 12.6 Å². The average molecular weight is 690 g/mol. The summed E-state index contributed by atoms with van der Waals surface area (Å²) in [5.41, 5.74) is 0. The van der Waals surface area contributed by atoms with Crippen LogP contribution in [0.3, 0.4) is 0 Å². The zero-order chi connectivity index (χ0) is 36.4. The first kappa shape index (κ1) is 46.3. The first-order valence-electron chi connectivity index (χ1n) is 19.2. The highest BCUT2D eigenvalue weighted by Gasteiger charge is 2.25. The second-order valence-electron chi connectivity index (χ2n) is 13.8. The second-order valence-corrected chi connectivity index (χ2v) is 13.8. The molecule has 8 heteroatoms. The summed E-state index contributed by atoms with van der Waals surface area (Å²) in [6.45, 7) is 4.44. The second kappa shape index (κ2) is 32.5. The number of ether oxygens (including phenoxy) is 3. The van der Waals surface area contributed by atoms with E-state index in [1.807, 2.05) is 0 Å². The molecule has 0 aromatic rings. The van der Waals surface area contributed by atoms with Crippen molar-refractivity contribution in [3.8, 4) is 0 Å². The smallest absolute Gasteiger partial charge is 0.306 e. The molecular weight excluding hydrogens is 618 g/mol. The Kier molecular flexibility index (Phi) is 30.7. The maximum absolute atomic E-state index is 12.6. The Bertz CT molecular complexity index is 948. The number of carboxylic acid groups (broad SMARTS) is 1. The van der Waals surface area contributed by atoms with Gasteiger partial charge in [0, 0.05) is 19.3 Å². The van der Waals surface area contributed by atoms with Crippen LogP contribution in [0.25, 0.3) is 0 Å². The summed E-state index contributed by atoms with van der Waals surface area (Å²) in [5, 5.41) is 11.6. The van der Waals surface area contributed by atoms with Crippen molar-refractivity contribution in [2.75, 3.05) is 41.0 Å². The van der Waals surface area contributed by atoms with Gasteiger partial charge in [0.2, 0.25) is 0 Å². The minimum Gasteiger partial charge on any atom is -0.544 e. The molecule has 0 heterocycles. The molecule has 0 aromatic carbocycles. The van der Waals surface area contributed by atoms with Crippen LogP contribution in [0.4, 0.5) is 0 Å². The number of esters is 2. The minimum atomic E-state index is -1.13. The molecule has 0 rings (SSSR count). The third-order valence-electron chi connectivity index (χ3n) is 8.20. The zero-order valence-electron chi connectivity index (χ0n) is 31.8. The van der Waals surface area contributed by atoms with E-state index < -0.39 is 18.1 Å². The van der Waals surface area contributed by atoms with E-state index in [4.69, 9.17) is 14.2 Å². The van der Waals surface area contributed by atoms with Gasteiger partial charge in [-0.15, -0.1) is 0 Å². The molecule has 0 saturated carbocycles. The molecule has 0 aromatic heterocycles. The topological polar surface area (TPSA) is 102 Å². The van der Waals surface area contributed by atoms with Gasteiger partial charge in [0.15, 0.2) is 6.10 Å². The summed E-state index contributed by atoms with van der Waals surface area (Å²) >= 11 is 0. The molecule has 0 spiro atoms. The molecule has 0 bridgehead atoms. The number of likely N-dealkylation sites (N-methyl/N-ethyl adjacent to an activating group) is 1. The van der Waals surface area contributed by atoms with Crippen LogP contribution < -0.4 is 5.11 Å². The predicted molar refractivity (Wildman–Crippen MR) is 199 cm³/mol. The average Bonchev–Trinajstić information content (AvgIpc) is 3.05. The minimum absolute atomic E-state index is 0.0239. The van der Waals surface area contributed by atoms with Gasteiger partial charge >= 0.3 is 11.9 Å². The van der Waals surface area contributed by atoms with Gasteiger partial charge in [-0.05, 0) is 64.2 Å². The van der Waals surface area contributed by atoms with Crippen LogP contribution in [0.15, 0.2) is 48.6 Å². The Balaban J connectivity index is 4.42. The molecule has 2 unspecified atom stereocenters. The van der Waals surface area contributed by atoms with Crippen molar-refractivity contribution in [1.82, 2.24) is 0 Å². The summed E-state index contributed by atoms with van der Waals surface area (Å²) in [5.74, 6) is -1.80. The molecule has 0 radical (unpaired) electrons. The standard InChI is InChI=1S/C41H71NO7/c1-6-8-10-12-14-16-17-18-19-20-21-22-24-25-27-29-31-39(43)48-36-37(35-47-34-33-38(41(45)46)42(3,4)5)49-40(44)32-30-28-26-23-15-13-11-9-7-2/h8,10,14,16,18-19,23,26,37-38H,6-7,9,11-13,15,17,20-22,24-25,27-36H2,1-5H3/b10-8+,16-14+,19-18+,26-23+. The normalized spacial score (nSPS) is 13.6. The van der Waals surface area contributed by atoms with Gasteiger partial charge in [0.25, 0.3) is 0 Å². The lowest BCUT2D eigenvalue weighted by Crippen LogP contribution is -2.55. The Morgan fingerprint density at radius 3 is 1.78 bits per heavy atom. The monoisotopic (exact) mass is 690 g/mol. The van der Waals surface area contributed by atoms with Gasteiger partial charge in [-0.2, -0.15) is 0 Å². The van der Waals surface area contributed by atoms with Crippen molar-refractivity contribution in [2.45, 2.75) is 154 Å². The number of carboxylic acids is 1. The fourth-order valence-corrected chi connectivity index (χ4v) is 5.20. The van der Waals surface area contributed by atoms with Crippen LogP contribution in [-0.2, 0) is 28.6 Å². The quantitative estimate of drug-likeness (QED) is 0.0295. The van der Waals surface area contributed by atoms with Gasteiger partial charge in [-0.25, -0.2) is 0 Å². The maximum atomic E-state index is 12.6. The van der Waals surface area contributed by atoms with Crippen molar-refractivity contribution in [2.24, 2.45) is 0 Å². The molecule has 282 valence electrons. The lowest BCUT2D eigenvalue weighted by molar-refractivity contribution is -0.889. The summed E-state index contributed by atoms with van der Waals surface area (Å²) in [6, 6.07) is -0.731. The summed E-state index contributed by atoms with van der Waals surface area (Å²) in [7, 11) is 5.37. The van der Waals surface area contributed by atoms with Crippen LogP contribution in [0.5, 0.6) is 0 Å². The van der Waals surface area contributed by atoms with Gasteiger partial charge in [0.05, 0.1) is 40.3 Å². The van der Waals surface area contributed by atoms with Crippen LogP contribution in [-0.4, -0.2) is 75.5 Å². The van der Waals surface area contributed by atoms with E-state index in [1.165, 1.54) is 38.5 Å². The van der Waals surface area contributed by atoms with Crippen molar-refractivity contribution >= 4 is 17.9 Å². The molecular formula is C41H71NO7. The molecule has 49 heavy (non-hydrogen) atoms. The van der Waals surface area contributed by atoms with Crippen LogP contribution in [0, 0.1) is 0 Å². The molecule has 0 fully saturated rings. The number of hydrogen-bond acceptors (Lipinski definition) is 7. The van der Waals surface area contributed by atoms with Gasteiger partial charge < -0.3 is 28.6 Å². The fourth-order valence-electron chi connectivity index (χ4n) is 5.20. The summed E-state index contributed by atoms with van der Waals surface area (Å²) in [4.78, 5) is 36.6. The van der Waals surface area contributed by atoms with Crippen molar-refractivity contribution in [3.05, 3.63) is 48.6 Å². The molecule has 0 aliphatic heterocycles. The molecule has 8 nitrogen and oxygen atoms in total. The van der Waals surface area contributed by atoms with Crippen LogP contribution in [0.1, 0.15) is 142 Å². The Morgan fingerprint density at radius 1 is 0.633 bits per heavy atom. The fraction of sp³-hybridized carbons (Fsp3) is 0.732. The van der Waals surface area contributed by atoms with Crippen LogP contribution >= 0.6 is 0 Å². The zero-order valence-corrected chi connectivity index (χ0v) is 31.8. The predicted octanol–water partition coefficient (Wildman–Crippen LogP) is 8.35. The lowest BCUT2D eigenvalue weighted by atomic mass is 10.1. The molecule has 0 saturated heterocycles. The highest BCUT2D eigenvalue weighted by molar-refractivity contribution is 5.70. The molecule has 0 amide bonds. The Labute approximate surface area is 299 Å². The van der Waals surface area contributed by atoms with Crippen LogP contribution in [0.2, 0.25) is 0 Å². The number of nitrogens with zero attached hydrogens (tertiary/aromatic N) is 1. The van der Waals surface area contributed by atoms with E-state index in [1.54, 1.807) is 21.1 Å². The highest BCUT2D eigenvalue weighted by atomic mass is 16.6. The summed E-state index contributed by atoms with van der Waals surface area (Å²) in [6.07, 6.45) is 35.8. The van der Waals surface area contributed by atoms with E-state index in [9.17, 15) is 19.5 Å². The van der Waals surface area contributed by atoms with E-state index in [0.29, 0.717) is 12.8 Å². The Morgan fingerprint density at radius 2 is 1.16 bits per heavy atom. The Hall–Kier alpha value is -2.71. The van der Waals surface area contributed by atoms with Gasteiger partial charge in [-0.3, -0.25) is 9.59 Å². The lowest BCUT2D eigenvalue weighted by Gasteiger charge is -2.34. The highest BCUT2D eigenvalue weighted by Crippen LogP contribution is 2.12. The molecule has 0 aliphatic carbocycles. The molecule has 0 aliphatic rings. The third kappa shape index (κ3) is 31.0. The van der Waals surface area contributed by atoms with Crippen molar-refractivity contribution in [1.29, 1.82) is 0 Å². The number of hydrogen-bond donors (Lipinski definition) is 0. The number of allylic oxidation sites excluding steroid dienone is 8. The van der Waals surface area contributed by atoms with E-state index in [2.05, 4.69) is 62.5 Å².